The zero-order chi connectivity index (χ0) is 22.4. The molecule has 0 saturated heterocycles. The number of anilines is 1. The first-order valence-electron chi connectivity index (χ1n) is 10.2. The minimum atomic E-state index is 0.531. The van der Waals surface area contributed by atoms with Gasteiger partial charge < -0.3 is 15.3 Å². The third-order valence-electron chi connectivity index (χ3n) is 5.42. The SMILES string of the molecule is Clc1cnc2ccc(Cc3nc4ncnc(NCc5cnc6[nH]cc(Cl)c6c5)c4[nH]3)cc2c1. The van der Waals surface area contributed by atoms with Crippen molar-refractivity contribution < 1.29 is 0 Å². The molecule has 6 rings (SSSR count). The van der Waals surface area contributed by atoms with Crippen LogP contribution in [0.25, 0.3) is 33.1 Å². The molecule has 162 valence electrons. The minimum Gasteiger partial charge on any atom is -0.364 e. The second-order valence-corrected chi connectivity index (χ2v) is 8.54. The van der Waals surface area contributed by atoms with Crippen LogP contribution >= 0.6 is 23.2 Å². The van der Waals surface area contributed by atoms with Gasteiger partial charge in [-0.25, -0.2) is 19.9 Å². The molecule has 10 heteroatoms. The van der Waals surface area contributed by atoms with Crippen LogP contribution in [0.1, 0.15) is 17.0 Å². The Morgan fingerprint density at radius 2 is 1.88 bits per heavy atom. The van der Waals surface area contributed by atoms with Crippen LogP contribution in [0.5, 0.6) is 0 Å². The van der Waals surface area contributed by atoms with Gasteiger partial charge in [0.2, 0.25) is 0 Å². The van der Waals surface area contributed by atoms with Crippen molar-refractivity contribution in [2.24, 2.45) is 0 Å². The van der Waals surface area contributed by atoms with Gasteiger partial charge in [-0.1, -0.05) is 29.3 Å². The van der Waals surface area contributed by atoms with Crippen molar-refractivity contribution in [2.45, 2.75) is 13.0 Å². The molecule has 0 radical (unpaired) electrons. The van der Waals surface area contributed by atoms with E-state index in [4.69, 9.17) is 23.2 Å². The number of halogens is 2. The summed E-state index contributed by atoms with van der Waals surface area (Å²) in [5.74, 6) is 1.47. The second-order valence-electron chi connectivity index (χ2n) is 7.69. The summed E-state index contributed by atoms with van der Waals surface area (Å²) in [7, 11) is 0. The molecule has 0 saturated carbocycles. The first-order valence-corrected chi connectivity index (χ1v) is 11.0. The average Bonchev–Trinajstić information content (AvgIpc) is 3.40. The number of nitrogens with zero attached hydrogens (tertiary/aromatic N) is 5. The largest absolute Gasteiger partial charge is 0.364 e. The molecule has 0 unspecified atom stereocenters. The van der Waals surface area contributed by atoms with Crippen LogP contribution in [0.4, 0.5) is 5.82 Å². The van der Waals surface area contributed by atoms with Crippen LogP contribution in [0.3, 0.4) is 0 Å². The Balaban J connectivity index is 1.25. The lowest BCUT2D eigenvalue weighted by Gasteiger charge is -2.06. The smallest absolute Gasteiger partial charge is 0.183 e. The van der Waals surface area contributed by atoms with E-state index in [2.05, 4.69) is 46.3 Å². The quantitative estimate of drug-likeness (QED) is 0.313. The molecule has 0 aliphatic rings. The monoisotopic (exact) mass is 474 g/mol. The van der Waals surface area contributed by atoms with E-state index in [0.29, 0.717) is 34.5 Å². The van der Waals surface area contributed by atoms with Gasteiger partial charge in [-0.05, 0) is 35.4 Å². The molecule has 5 heterocycles. The van der Waals surface area contributed by atoms with Gasteiger partial charge in [-0.3, -0.25) is 4.98 Å². The Hall–Kier alpha value is -3.75. The second kappa shape index (κ2) is 7.99. The van der Waals surface area contributed by atoms with Gasteiger partial charge in [0, 0.05) is 42.3 Å². The summed E-state index contributed by atoms with van der Waals surface area (Å²) in [5, 5.41) is 6.49. The Kier molecular flexibility index (Phi) is 4.82. The molecule has 33 heavy (non-hydrogen) atoms. The van der Waals surface area contributed by atoms with E-state index in [-0.39, 0.29) is 0 Å². The summed E-state index contributed by atoms with van der Waals surface area (Å²) in [6.07, 6.45) is 7.31. The molecule has 0 fully saturated rings. The van der Waals surface area contributed by atoms with E-state index in [1.54, 1.807) is 18.6 Å². The maximum absolute atomic E-state index is 6.21. The number of aromatic amines is 2. The fraction of sp³-hybridized carbons (Fsp3) is 0.0870. The molecular formula is C23H16Cl2N8. The Morgan fingerprint density at radius 1 is 0.939 bits per heavy atom. The number of hydrogen-bond donors (Lipinski definition) is 3. The number of nitrogens with one attached hydrogen (secondary N) is 3. The molecule has 0 amide bonds. The summed E-state index contributed by atoms with van der Waals surface area (Å²) in [4.78, 5) is 28.5. The predicted molar refractivity (Wildman–Crippen MR) is 130 cm³/mol. The normalized spacial score (nSPS) is 11.6. The van der Waals surface area contributed by atoms with Gasteiger partial charge in [-0.15, -0.1) is 0 Å². The first kappa shape index (κ1) is 19.9. The van der Waals surface area contributed by atoms with E-state index in [1.807, 2.05) is 24.3 Å². The predicted octanol–water partition coefficient (Wildman–Crippen LogP) is 5.29. The molecule has 0 bridgehead atoms. The van der Waals surface area contributed by atoms with E-state index < -0.39 is 0 Å². The fourth-order valence-electron chi connectivity index (χ4n) is 3.85. The van der Waals surface area contributed by atoms with Gasteiger partial charge in [0.25, 0.3) is 0 Å². The summed E-state index contributed by atoms with van der Waals surface area (Å²) < 4.78 is 0. The van der Waals surface area contributed by atoms with Crippen molar-refractivity contribution >= 4 is 62.1 Å². The molecule has 0 aliphatic heterocycles. The van der Waals surface area contributed by atoms with Crippen LogP contribution in [0, 0.1) is 0 Å². The van der Waals surface area contributed by atoms with Gasteiger partial charge in [0.15, 0.2) is 11.5 Å². The number of imidazole rings is 1. The number of aromatic nitrogens is 7. The molecule has 5 aromatic heterocycles. The van der Waals surface area contributed by atoms with Crippen molar-refractivity contribution in [1.82, 2.24) is 34.9 Å². The number of rotatable bonds is 5. The zero-order valence-corrected chi connectivity index (χ0v) is 18.6. The molecule has 1 aromatic carbocycles. The van der Waals surface area contributed by atoms with Crippen molar-refractivity contribution in [3.8, 4) is 0 Å². The summed E-state index contributed by atoms with van der Waals surface area (Å²) in [6.45, 7) is 0.531. The third kappa shape index (κ3) is 3.83. The third-order valence-corrected chi connectivity index (χ3v) is 5.94. The van der Waals surface area contributed by atoms with Crippen LogP contribution < -0.4 is 5.32 Å². The number of benzene rings is 1. The molecule has 0 aliphatic carbocycles. The van der Waals surface area contributed by atoms with Gasteiger partial charge >= 0.3 is 0 Å². The van der Waals surface area contributed by atoms with Gasteiger partial charge in [-0.2, -0.15) is 0 Å². The number of H-pyrrole nitrogens is 2. The molecule has 8 nitrogen and oxygen atoms in total. The summed E-state index contributed by atoms with van der Waals surface area (Å²) in [5.41, 5.74) is 5.11. The summed E-state index contributed by atoms with van der Waals surface area (Å²) in [6, 6.07) is 10.0. The standard InChI is InChI=1S/C23H16Cl2N8/c24-15-6-14-3-12(1-2-18(14)26-9-15)5-19-32-20-22(30-11-31-23(20)33-19)28-8-13-4-16-17(25)10-29-21(16)27-7-13/h1-4,6-7,9-11H,5,8H2,(H,27,29)(H2,28,30,31,32,33). The van der Waals surface area contributed by atoms with Gasteiger partial charge in [0.1, 0.15) is 23.3 Å². The van der Waals surface area contributed by atoms with E-state index in [0.717, 1.165) is 44.4 Å². The highest BCUT2D eigenvalue weighted by atomic mass is 35.5. The Bertz CT molecular complexity index is 1640. The lowest BCUT2D eigenvalue weighted by atomic mass is 10.1. The lowest BCUT2D eigenvalue weighted by molar-refractivity contribution is 1.04. The minimum absolute atomic E-state index is 0.531. The Labute approximate surface area is 197 Å². The van der Waals surface area contributed by atoms with Crippen molar-refractivity contribution in [3.63, 3.8) is 0 Å². The highest BCUT2D eigenvalue weighted by molar-refractivity contribution is 6.35. The van der Waals surface area contributed by atoms with Crippen LogP contribution in [0.2, 0.25) is 10.0 Å². The van der Waals surface area contributed by atoms with E-state index in [9.17, 15) is 0 Å². The topological polar surface area (TPSA) is 108 Å². The summed E-state index contributed by atoms with van der Waals surface area (Å²) >= 11 is 12.3. The van der Waals surface area contributed by atoms with Crippen LogP contribution in [0.15, 0.2) is 55.2 Å². The lowest BCUT2D eigenvalue weighted by Crippen LogP contribution is -2.03. The first-order chi connectivity index (χ1) is 16.1. The van der Waals surface area contributed by atoms with Crippen LogP contribution in [-0.2, 0) is 13.0 Å². The average molecular weight is 475 g/mol. The van der Waals surface area contributed by atoms with Crippen molar-refractivity contribution in [3.05, 3.63) is 82.2 Å². The maximum Gasteiger partial charge on any atom is 0.183 e. The molecular weight excluding hydrogens is 459 g/mol. The number of hydrogen-bond acceptors (Lipinski definition) is 6. The Morgan fingerprint density at radius 3 is 2.82 bits per heavy atom. The van der Waals surface area contributed by atoms with Crippen molar-refractivity contribution in [2.75, 3.05) is 5.32 Å². The fourth-order valence-corrected chi connectivity index (χ4v) is 4.21. The maximum atomic E-state index is 6.21. The number of pyridine rings is 2. The van der Waals surface area contributed by atoms with Crippen LogP contribution in [-0.4, -0.2) is 34.9 Å². The van der Waals surface area contributed by atoms with Gasteiger partial charge in [0.05, 0.1) is 15.6 Å². The van der Waals surface area contributed by atoms with E-state index >= 15 is 0 Å². The van der Waals surface area contributed by atoms with Crippen molar-refractivity contribution in [1.29, 1.82) is 0 Å². The zero-order valence-electron chi connectivity index (χ0n) is 17.1. The molecule has 6 aromatic rings. The molecule has 0 atom stereocenters. The number of fused-ring (bicyclic) bond motifs is 3. The van der Waals surface area contributed by atoms with E-state index in [1.165, 1.54) is 6.33 Å². The molecule has 3 N–H and O–H groups in total. The highest BCUT2D eigenvalue weighted by Crippen LogP contribution is 2.24. The highest BCUT2D eigenvalue weighted by Gasteiger charge is 2.11. The molecule has 0 spiro atoms.